The van der Waals surface area contributed by atoms with E-state index in [-0.39, 0.29) is 17.5 Å². The SMILES string of the molecule is O=C(Nc1ccc(C(=O)N2CCCCc3ccccc32)cc1)c1ccccc1-c1ccc([N+](=O)[O-])cc1. The summed E-state index contributed by atoms with van der Waals surface area (Å²) in [7, 11) is 0. The highest BCUT2D eigenvalue weighted by Crippen LogP contribution is 2.29. The number of aryl methyl sites for hydroxylation is 1. The molecule has 0 spiro atoms. The van der Waals surface area contributed by atoms with Gasteiger partial charge in [0.05, 0.1) is 4.92 Å². The fourth-order valence-electron chi connectivity index (χ4n) is 4.65. The van der Waals surface area contributed by atoms with E-state index in [0.29, 0.717) is 34.5 Å². The summed E-state index contributed by atoms with van der Waals surface area (Å²) in [6.45, 7) is 0.674. The third-order valence-corrected chi connectivity index (χ3v) is 6.56. The molecule has 7 heteroatoms. The molecule has 0 fully saturated rings. The largest absolute Gasteiger partial charge is 0.322 e. The first kappa shape index (κ1) is 23.9. The van der Waals surface area contributed by atoms with E-state index in [1.54, 1.807) is 54.6 Å². The number of nitrogens with one attached hydrogen (secondary N) is 1. The number of amides is 2. The van der Waals surface area contributed by atoms with Crippen LogP contribution in [0.2, 0.25) is 0 Å². The average molecular weight is 492 g/mol. The number of anilines is 2. The lowest BCUT2D eigenvalue weighted by Crippen LogP contribution is -2.31. The number of rotatable bonds is 5. The zero-order chi connectivity index (χ0) is 25.8. The number of fused-ring (bicyclic) bond motifs is 1. The number of hydrogen-bond acceptors (Lipinski definition) is 4. The van der Waals surface area contributed by atoms with Gasteiger partial charge >= 0.3 is 0 Å². The molecule has 0 saturated carbocycles. The van der Waals surface area contributed by atoms with Crippen LogP contribution < -0.4 is 10.2 Å². The molecule has 37 heavy (non-hydrogen) atoms. The third-order valence-electron chi connectivity index (χ3n) is 6.56. The smallest absolute Gasteiger partial charge is 0.269 e. The van der Waals surface area contributed by atoms with E-state index < -0.39 is 4.92 Å². The topological polar surface area (TPSA) is 92.6 Å². The van der Waals surface area contributed by atoms with Crippen molar-refractivity contribution in [3.05, 3.63) is 124 Å². The Morgan fingerprint density at radius 2 is 1.51 bits per heavy atom. The zero-order valence-electron chi connectivity index (χ0n) is 20.1. The highest BCUT2D eigenvalue weighted by atomic mass is 16.6. The molecule has 1 N–H and O–H groups in total. The minimum Gasteiger partial charge on any atom is -0.322 e. The number of benzene rings is 4. The van der Waals surface area contributed by atoms with E-state index >= 15 is 0 Å². The van der Waals surface area contributed by atoms with Crippen LogP contribution in [-0.2, 0) is 6.42 Å². The van der Waals surface area contributed by atoms with Gasteiger partial charge in [0.2, 0.25) is 0 Å². The Bertz CT molecular complexity index is 1460. The van der Waals surface area contributed by atoms with Gasteiger partial charge in [-0.15, -0.1) is 0 Å². The number of nitrogens with zero attached hydrogens (tertiary/aromatic N) is 2. The summed E-state index contributed by atoms with van der Waals surface area (Å²) in [6.07, 6.45) is 2.96. The minimum absolute atomic E-state index is 0.0102. The molecule has 1 heterocycles. The second-order valence-electron chi connectivity index (χ2n) is 8.92. The van der Waals surface area contributed by atoms with Crippen molar-refractivity contribution in [2.75, 3.05) is 16.8 Å². The van der Waals surface area contributed by atoms with Crippen molar-refractivity contribution in [1.29, 1.82) is 0 Å². The van der Waals surface area contributed by atoms with Gasteiger partial charge in [-0.3, -0.25) is 19.7 Å². The van der Waals surface area contributed by atoms with Gasteiger partial charge in [0.15, 0.2) is 0 Å². The van der Waals surface area contributed by atoms with Crippen LogP contribution in [-0.4, -0.2) is 23.3 Å². The van der Waals surface area contributed by atoms with Crippen LogP contribution in [0.25, 0.3) is 11.1 Å². The maximum atomic E-state index is 13.3. The van der Waals surface area contributed by atoms with Gasteiger partial charge in [-0.05, 0) is 84.5 Å². The van der Waals surface area contributed by atoms with Crippen molar-refractivity contribution in [2.24, 2.45) is 0 Å². The van der Waals surface area contributed by atoms with Gasteiger partial charge < -0.3 is 10.2 Å². The van der Waals surface area contributed by atoms with Crippen molar-refractivity contribution in [3.63, 3.8) is 0 Å². The molecule has 4 aromatic carbocycles. The Balaban J connectivity index is 1.33. The maximum absolute atomic E-state index is 13.3. The Hall–Kier alpha value is -4.78. The molecule has 5 rings (SSSR count). The number of carbonyl (C=O) groups is 2. The molecule has 0 radical (unpaired) electrons. The Morgan fingerprint density at radius 3 is 2.27 bits per heavy atom. The predicted octanol–water partition coefficient (Wildman–Crippen LogP) is 6.50. The fraction of sp³-hybridized carbons (Fsp3) is 0.133. The van der Waals surface area contributed by atoms with Gasteiger partial charge in [0, 0.05) is 41.2 Å². The third kappa shape index (κ3) is 5.11. The standard InChI is InChI=1S/C30H25N3O4/c34-29(27-10-3-2-9-26(27)21-14-18-25(19-15-21)33(36)37)31-24-16-12-23(13-17-24)30(35)32-20-6-5-8-22-7-1-4-11-28(22)32/h1-4,7,9-19H,5-6,8,20H2,(H,31,34). The van der Waals surface area contributed by atoms with Gasteiger partial charge in [-0.1, -0.05) is 36.4 Å². The Kier molecular flexibility index (Phi) is 6.76. The number of hydrogen-bond donors (Lipinski definition) is 1. The molecular formula is C30H25N3O4. The summed E-state index contributed by atoms with van der Waals surface area (Å²) in [6, 6.07) is 28.1. The quantitative estimate of drug-likeness (QED) is 0.255. The average Bonchev–Trinajstić information content (AvgIpc) is 3.16. The second kappa shape index (κ2) is 10.5. The maximum Gasteiger partial charge on any atom is 0.269 e. The van der Waals surface area contributed by atoms with Gasteiger partial charge in [0.25, 0.3) is 17.5 Å². The summed E-state index contributed by atoms with van der Waals surface area (Å²) in [5, 5.41) is 13.9. The Labute approximate surface area is 214 Å². The molecule has 2 amide bonds. The zero-order valence-corrected chi connectivity index (χ0v) is 20.1. The van der Waals surface area contributed by atoms with E-state index in [0.717, 1.165) is 24.9 Å². The van der Waals surface area contributed by atoms with Crippen LogP contribution >= 0.6 is 0 Å². The first-order valence-electron chi connectivity index (χ1n) is 12.2. The van der Waals surface area contributed by atoms with Gasteiger partial charge in [-0.25, -0.2) is 0 Å². The van der Waals surface area contributed by atoms with Crippen LogP contribution in [0, 0.1) is 10.1 Å². The van der Waals surface area contributed by atoms with Crippen LogP contribution in [0.15, 0.2) is 97.1 Å². The minimum atomic E-state index is -0.456. The molecular weight excluding hydrogens is 466 g/mol. The number of non-ortho nitro benzene ring substituents is 1. The number of para-hydroxylation sites is 1. The predicted molar refractivity (Wildman–Crippen MR) is 144 cm³/mol. The number of nitro groups is 1. The van der Waals surface area contributed by atoms with E-state index in [9.17, 15) is 19.7 Å². The molecule has 1 aliphatic heterocycles. The van der Waals surface area contributed by atoms with E-state index in [4.69, 9.17) is 0 Å². The van der Waals surface area contributed by atoms with E-state index in [1.165, 1.54) is 17.7 Å². The molecule has 7 nitrogen and oxygen atoms in total. The molecule has 0 unspecified atom stereocenters. The fourth-order valence-corrected chi connectivity index (χ4v) is 4.65. The summed E-state index contributed by atoms with van der Waals surface area (Å²) >= 11 is 0. The lowest BCUT2D eigenvalue weighted by atomic mass is 9.99. The molecule has 0 aromatic heterocycles. The van der Waals surface area contributed by atoms with Crippen LogP contribution in [0.3, 0.4) is 0 Å². The highest BCUT2D eigenvalue weighted by molar-refractivity contribution is 6.09. The summed E-state index contributed by atoms with van der Waals surface area (Å²) < 4.78 is 0. The van der Waals surface area contributed by atoms with Crippen molar-refractivity contribution >= 4 is 28.9 Å². The highest BCUT2D eigenvalue weighted by Gasteiger charge is 2.22. The lowest BCUT2D eigenvalue weighted by Gasteiger charge is -2.23. The second-order valence-corrected chi connectivity index (χ2v) is 8.92. The van der Waals surface area contributed by atoms with E-state index in [2.05, 4.69) is 11.4 Å². The monoisotopic (exact) mass is 491 g/mol. The molecule has 0 aliphatic carbocycles. The van der Waals surface area contributed by atoms with Gasteiger partial charge in [-0.2, -0.15) is 0 Å². The van der Waals surface area contributed by atoms with Crippen molar-refractivity contribution < 1.29 is 14.5 Å². The first-order chi connectivity index (χ1) is 18.0. The van der Waals surface area contributed by atoms with Crippen LogP contribution in [0.1, 0.15) is 39.1 Å². The molecule has 1 aliphatic rings. The van der Waals surface area contributed by atoms with Crippen molar-refractivity contribution in [1.82, 2.24) is 0 Å². The van der Waals surface area contributed by atoms with Crippen molar-refractivity contribution in [2.45, 2.75) is 19.3 Å². The number of carbonyl (C=O) groups excluding carboxylic acids is 2. The molecule has 4 aromatic rings. The summed E-state index contributed by atoms with van der Waals surface area (Å²) in [5.74, 6) is -0.370. The summed E-state index contributed by atoms with van der Waals surface area (Å²) in [5.41, 5.74) is 5.07. The van der Waals surface area contributed by atoms with Crippen LogP contribution in [0.5, 0.6) is 0 Å². The normalized spacial score (nSPS) is 12.8. The van der Waals surface area contributed by atoms with Crippen molar-refractivity contribution in [3.8, 4) is 11.1 Å². The van der Waals surface area contributed by atoms with Crippen LogP contribution in [0.4, 0.5) is 17.1 Å². The molecule has 0 atom stereocenters. The lowest BCUT2D eigenvalue weighted by molar-refractivity contribution is -0.384. The summed E-state index contributed by atoms with van der Waals surface area (Å²) in [4.78, 5) is 38.8. The molecule has 184 valence electrons. The number of nitro benzene ring substituents is 1. The Morgan fingerprint density at radius 1 is 0.811 bits per heavy atom. The van der Waals surface area contributed by atoms with E-state index in [1.807, 2.05) is 29.2 Å². The van der Waals surface area contributed by atoms with Gasteiger partial charge in [0.1, 0.15) is 0 Å². The first-order valence-corrected chi connectivity index (χ1v) is 12.2. The molecule has 0 saturated heterocycles. The molecule has 0 bridgehead atoms.